The van der Waals surface area contributed by atoms with Gasteiger partial charge in [-0.3, -0.25) is 4.90 Å². The molecule has 1 spiro atoms. The van der Waals surface area contributed by atoms with Crippen LogP contribution < -0.4 is 9.47 Å². The molecule has 0 radical (unpaired) electrons. The van der Waals surface area contributed by atoms with Crippen molar-refractivity contribution in [3.8, 4) is 11.5 Å². The Bertz CT molecular complexity index is 734. The van der Waals surface area contributed by atoms with Crippen LogP contribution in [-0.4, -0.2) is 55.4 Å². The van der Waals surface area contributed by atoms with Gasteiger partial charge in [0.2, 0.25) is 6.79 Å². The number of fused-ring (bicyclic) bond motifs is 2. The Labute approximate surface area is 140 Å². The fourth-order valence-corrected chi connectivity index (χ4v) is 4.86. The average Bonchev–Trinajstić information content (AvgIpc) is 3.13. The fraction of sp³-hybridized carbons (Fsp3) is 0.556. The molecule has 1 saturated heterocycles. The molecule has 128 valence electrons. The molecule has 0 bridgehead atoms. The van der Waals surface area contributed by atoms with Gasteiger partial charge in [-0.15, -0.1) is 0 Å². The molecule has 0 unspecified atom stereocenters. The molecule has 24 heavy (non-hydrogen) atoms. The summed E-state index contributed by atoms with van der Waals surface area (Å²) in [5.41, 5.74) is 1.50. The molecule has 1 N–H and O–H groups in total. The van der Waals surface area contributed by atoms with E-state index >= 15 is 0 Å². The molecule has 0 amide bonds. The highest BCUT2D eigenvalue weighted by molar-refractivity contribution is 5.56. The molecule has 1 aromatic carbocycles. The third-order valence-corrected chi connectivity index (χ3v) is 6.01. The Morgan fingerprint density at radius 3 is 2.88 bits per heavy atom. The van der Waals surface area contributed by atoms with Crippen LogP contribution >= 0.6 is 0 Å². The lowest BCUT2D eigenvalue weighted by molar-refractivity contribution is -0.236. The summed E-state index contributed by atoms with van der Waals surface area (Å²) in [5.74, 6) is 0.238. The summed E-state index contributed by atoms with van der Waals surface area (Å²) in [6.07, 6.45) is 4.98. The maximum absolute atomic E-state index is 11.4. The topological polar surface area (TPSA) is 60.4 Å². The smallest absolute Gasteiger partial charge is 0.231 e. The molecule has 1 aromatic rings. The van der Waals surface area contributed by atoms with Gasteiger partial charge in [-0.05, 0) is 36.7 Å². The highest BCUT2D eigenvalue weighted by Gasteiger charge is 2.66. The van der Waals surface area contributed by atoms with E-state index in [0.29, 0.717) is 13.2 Å². The second-order valence-electron chi connectivity index (χ2n) is 7.10. The zero-order valence-electron chi connectivity index (χ0n) is 13.8. The second-order valence-corrected chi connectivity index (χ2v) is 7.10. The minimum atomic E-state index is -1.25. The zero-order chi connectivity index (χ0) is 16.5. The van der Waals surface area contributed by atoms with E-state index in [1.807, 2.05) is 25.3 Å². The van der Waals surface area contributed by atoms with Crippen molar-refractivity contribution >= 4 is 0 Å². The molecule has 3 aliphatic heterocycles. The summed E-state index contributed by atoms with van der Waals surface area (Å²) in [4.78, 5) is 2.18. The van der Waals surface area contributed by atoms with E-state index in [1.54, 1.807) is 7.11 Å². The normalized spacial score (nSPS) is 39.5. The van der Waals surface area contributed by atoms with Crippen molar-refractivity contribution in [2.75, 3.05) is 27.5 Å². The van der Waals surface area contributed by atoms with Crippen LogP contribution in [0.4, 0.5) is 0 Å². The number of rotatable bonds is 1. The number of aliphatic hydroxyl groups is 1. The Kier molecular flexibility index (Phi) is 2.90. The zero-order valence-corrected chi connectivity index (χ0v) is 13.8. The summed E-state index contributed by atoms with van der Waals surface area (Å²) in [5, 5.41) is 11.4. The van der Waals surface area contributed by atoms with E-state index in [-0.39, 0.29) is 18.9 Å². The molecule has 5 rings (SSSR count). The summed E-state index contributed by atoms with van der Waals surface area (Å²) in [6.45, 7) is 1.07. The van der Waals surface area contributed by atoms with E-state index in [4.69, 9.17) is 18.9 Å². The number of hydrogen-bond donors (Lipinski definition) is 1. The summed E-state index contributed by atoms with van der Waals surface area (Å²) >= 11 is 0. The molecule has 4 atom stereocenters. The molecule has 3 heterocycles. The third-order valence-electron chi connectivity index (χ3n) is 6.01. The number of hydrogen-bond acceptors (Lipinski definition) is 6. The van der Waals surface area contributed by atoms with Gasteiger partial charge in [0.15, 0.2) is 17.3 Å². The Morgan fingerprint density at radius 2 is 2.08 bits per heavy atom. The van der Waals surface area contributed by atoms with E-state index in [0.717, 1.165) is 29.0 Å². The molecule has 4 aliphatic rings. The second kappa shape index (κ2) is 4.73. The van der Waals surface area contributed by atoms with Crippen molar-refractivity contribution in [2.24, 2.45) is 0 Å². The first-order valence-corrected chi connectivity index (χ1v) is 8.29. The van der Waals surface area contributed by atoms with Gasteiger partial charge in [-0.2, -0.15) is 0 Å². The SMILES string of the molecule is CO[C@H]1C=C[C@@]23c4cc5c(cc4CO[C@@]2(O)CN(C)[C@@H]3C1)OCO5. The largest absolute Gasteiger partial charge is 0.454 e. The predicted octanol–water partition coefficient (Wildman–Crippen LogP) is 1.16. The number of β-amino-alcohol motifs (C(OH)–C–C–N with tert-alkyl or cyclic N) is 1. The molecule has 0 aromatic heterocycles. The minimum absolute atomic E-state index is 0.0461. The number of likely N-dealkylation sites (tertiary alicyclic amines) is 1. The van der Waals surface area contributed by atoms with E-state index < -0.39 is 11.2 Å². The lowest BCUT2D eigenvalue weighted by Crippen LogP contribution is -2.59. The standard InChI is InChI=1S/C18H21NO5/c1-19-9-18(20)17(4-3-12(21-2)6-16(17)19)13-7-15-14(22-10-23-15)5-11(13)8-24-18/h3-5,7,12,16,20H,6,8-10H2,1-2H3/t12-,16+,17-,18-/m0/s1. The molecule has 0 saturated carbocycles. The first-order valence-electron chi connectivity index (χ1n) is 8.29. The van der Waals surface area contributed by atoms with Crippen LogP contribution in [0.1, 0.15) is 17.5 Å². The first kappa shape index (κ1) is 14.7. The average molecular weight is 331 g/mol. The van der Waals surface area contributed by atoms with E-state index in [9.17, 15) is 5.11 Å². The first-order chi connectivity index (χ1) is 11.6. The Balaban J connectivity index is 1.74. The lowest BCUT2D eigenvalue weighted by Gasteiger charge is -2.49. The van der Waals surface area contributed by atoms with Gasteiger partial charge in [0.05, 0.1) is 24.7 Å². The highest BCUT2D eigenvalue weighted by Crippen LogP contribution is 2.56. The van der Waals surface area contributed by atoms with Crippen LogP contribution in [0.25, 0.3) is 0 Å². The van der Waals surface area contributed by atoms with Crippen molar-refractivity contribution in [3.05, 3.63) is 35.4 Å². The number of likely N-dealkylation sites (N-methyl/N-ethyl adjacent to an activating group) is 1. The molecule has 1 fully saturated rings. The van der Waals surface area contributed by atoms with Crippen LogP contribution in [0.15, 0.2) is 24.3 Å². The van der Waals surface area contributed by atoms with Gasteiger partial charge in [0.1, 0.15) is 0 Å². The van der Waals surface area contributed by atoms with E-state index in [1.165, 1.54) is 0 Å². The van der Waals surface area contributed by atoms with Crippen molar-refractivity contribution in [2.45, 2.75) is 36.4 Å². The molecule has 6 heteroatoms. The van der Waals surface area contributed by atoms with Gasteiger partial charge in [-0.25, -0.2) is 0 Å². The Morgan fingerprint density at radius 1 is 1.29 bits per heavy atom. The number of nitrogens with zero attached hydrogens (tertiary/aromatic N) is 1. The lowest BCUT2D eigenvalue weighted by atomic mass is 9.64. The van der Waals surface area contributed by atoms with Crippen LogP contribution in [0.5, 0.6) is 11.5 Å². The van der Waals surface area contributed by atoms with Crippen LogP contribution in [0.3, 0.4) is 0 Å². The van der Waals surface area contributed by atoms with Crippen molar-refractivity contribution in [3.63, 3.8) is 0 Å². The van der Waals surface area contributed by atoms with Crippen molar-refractivity contribution < 1.29 is 24.1 Å². The molecular weight excluding hydrogens is 310 g/mol. The summed E-state index contributed by atoms with van der Waals surface area (Å²) in [6, 6.07) is 4.10. The maximum Gasteiger partial charge on any atom is 0.231 e. The fourth-order valence-electron chi connectivity index (χ4n) is 4.86. The quantitative estimate of drug-likeness (QED) is 0.780. The van der Waals surface area contributed by atoms with Crippen molar-refractivity contribution in [1.82, 2.24) is 4.90 Å². The highest BCUT2D eigenvalue weighted by atomic mass is 16.7. The Hall–Kier alpha value is -1.60. The molecule has 6 nitrogen and oxygen atoms in total. The molecular formula is C18H21NO5. The number of ether oxygens (including phenoxy) is 4. The van der Waals surface area contributed by atoms with Crippen LogP contribution in [0, 0.1) is 0 Å². The van der Waals surface area contributed by atoms with Gasteiger partial charge < -0.3 is 24.1 Å². The van der Waals surface area contributed by atoms with Gasteiger partial charge in [0, 0.05) is 13.2 Å². The summed E-state index contributed by atoms with van der Waals surface area (Å²) in [7, 11) is 3.75. The third kappa shape index (κ3) is 1.64. The number of methoxy groups -OCH3 is 1. The van der Waals surface area contributed by atoms with Gasteiger partial charge >= 0.3 is 0 Å². The minimum Gasteiger partial charge on any atom is -0.454 e. The molecule has 1 aliphatic carbocycles. The monoisotopic (exact) mass is 331 g/mol. The van der Waals surface area contributed by atoms with E-state index in [2.05, 4.69) is 11.0 Å². The van der Waals surface area contributed by atoms with Crippen LogP contribution in [0.2, 0.25) is 0 Å². The van der Waals surface area contributed by atoms with Crippen LogP contribution in [-0.2, 0) is 21.5 Å². The van der Waals surface area contributed by atoms with Crippen molar-refractivity contribution in [1.29, 1.82) is 0 Å². The predicted molar refractivity (Wildman–Crippen MR) is 85.0 cm³/mol. The van der Waals surface area contributed by atoms with Gasteiger partial charge in [-0.1, -0.05) is 12.2 Å². The maximum atomic E-state index is 11.4. The summed E-state index contributed by atoms with van der Waals surface area (Å²) < 4.78 is 22.6. The number of benzene rings is 1. The van der Waals surface area contributed by atoms with Gasteiger partial charge in [0.25, 0.3) is 0 Å².